The van der Waals surface area contributed by atoms with Gasteiger partial charge in [0.1, 0.15) is 0 Å². The summed E-state index contributed by atoms with van der Waals surface area (Å²) < 4.78 is 4.25. The molecule has 2 aliphatic heterocycles. The Kier molecular flexibility index (Phi) is 8.09. The Balaban J connectivity index is 0.000000868. The van der Waals surface area contributed by atoms with Crippen LogP contribution in [0.2, 0.25) is 0 Å². The van der Waals surface area contributed by atoms with Crippen LogP contribution in [0.15, 0.2) is 73.1 Å². The average molecular weight is 458 g/mol. The largest absolute Gasteiger partial charge is 0.388 e. The summed E-state index contributed by atoms with van der Waals surface area (Å²) in [6.07, 6.45) is 5.60. The maximum atomic E-state index is 13.1. The molecule has 5 nitrogen and oxygen atoms in total. The normalized spacial score (nSPS) is 20.1. The molecular weight excluding hydrogens is 422 g/mol. The number of hydrogen-bond acceptors (Lipinski definition) is 4. The summed E-state index contributed by atoms with van der Waals surface area (Å²) in [4.78, 5) is 21.8. The van der Waals surface area contributed by atoms with Gasteiger partial charge < -0.3 is 9.64 Å². The van der Waals surface area contributed by atoms with Crippen molar-refractivity contribution in [3.8, 4) is 11.1 Å². The molecule has 0 radical (unpaired) electrons. The van der Waals surface area contributed by atoms with Crippen LogP contribution < -0.4 is 0 Å². The molecule has 0 aliphatic carbocycles. The van der Waals surface area contributed by atoms with Gasteiger partial charge >= 0.3 is 0 Å². The molecule has 0 spiro atoms. The summed E-state index contributed by atoms with van der Waals surface area (Å²) >= 11 is 0. The van der Waals surface area contributed by atoms with E-state index >= 15 is 0 Å². The van der Waals surface area contributed by atoms with Crippen LogP contribution in [0.3, 0.4) is 0 Å². The van der Waals surface area contributed by atoms with E-state index in [1.54, 1.807) is 26.6 Å². The third kappa shape index (κ3) is 5.54. The van der Waals surface area contributed by atoms with E-state index in [2.05, 4.69) is 70.1 Å². The summed E-state index contributed by atoms with van der Waals surface area (Å²) in [6, 6.07) is 21.8. The third-order valence-corrected chi connectivity index (χ3v) is 6.78. The minimum absolute atomic E-state index is 0.107. The van der Waals surface area contributed by atoms with Crippen LogP contribution in [0.25, 0.3) is 11.1 Å². The van der Waals surface area contributed by atoms with Crippen molar-refractivity contribution in [2.24, 2.45) is 0 Å². The second-order valence-corrected chi connectivity index (χ2v) is 9.27. The van der Waals surface area contributed by atoms with Crippen molar-refractivity contribution >= 4 is 5.91 Å². The molecule has 2 aliphatic rings. The Bertz CT molecular complexity index is 1070. The number of fused-ring (bicyclic) bond motifs is 1. The fourth-order valence-corrected chi connectivity index (χ4v) is 4.99. The summed E-state index contributed by atoms with van der Waals surface area (Å²) in [5.41, 5.74) is 5.87. The predicted octanol–water partition coefficient (Wildman–Crippen LogP) is 5.02. The molecule has 2 fully saturated rings. The summed E-state index contributed by atoms with van der Waals surface area (Å²) in [6.45, 7) is 5.98. The van der Waals surface area contributed by atoms with Gasteiger partial charge in [0.2, 0.25) is 0 Å². The minimum atomic E-state index is 0.107. The number of aryl methyl sites for hydroxylation is 1. The Morgan fingerprint density at radius 2 is 1.71 bits per heavy atom. The van der Waals surface area contributed by atoms with Gasteiger partial charge in [-0.3, -0.25) is 14.7 Å². The fourth-order valence-electron chi connectivity index (χ4n) is 4.99. The number of methoxy groups -OCH3 is 1. The Morgan fingerprint density at radius 3 is 2.41 bits per heavy atom. The lowest BCUT2D eigenvalue weighted by Crippen LogP contribution is -2.60. The maximum absolute atomic E-state index is 13.1. The smallest absolute Gasteiger partial charge is 0.255 e. The molecule has 178 valence electrons. The first kappa shape index (κ1) is 24.1. The molecule has 5 rings (SSSR count). The van der Waals surface area contributed by atoms with E-state index in [-0.39, 0.29) is 5.91 Å². The highest BCUT2D eigenvalue weighted by molar-refractivity contribution is 5.93. The quantitative estimate of drug-likeness (QED) is 0.554. The van der Waals surface area contributed by atoms with E-state index in [0.29, 0.717) is 17.5 Å². The fraction of sp³-hybridized carbons (Fsp3) is 0.379. The Labute approximate surface area is 203 Å². The Hall–Kier alpha value is -3.02. The minimum Gasteiger partial charge on any atom is -0.388 e. The van der Waals surface area contributed by atoms with Gasteiger partial charge in [0, 0.05) is 58.2 Å². The first-order valence-electron chi connectivity index (χ1n) is 12.1. The zero-order valence-corrected chi connectivity index (χ0v) is 20.5. The molecule has 0 bridgehead atoms. The van der Waals surface area contributed by atoms with Crippen LogP contribution in [0, 0.1) is 6.92 Å². The van der Waals surface area contributed by atoms with E-state index in [9.17, 15) is 4.79 Å². The number of pyridine rings is 1. The standard InChI is InChI=1S/C27H29N3O.C2H6O/c1-20-6-4-7-23(16-20)21-9-11-22(12-10-21)25-18-29-14-2-3-15-30(19-26(25)29)27(31)24-8-5-13-28-17-24;1-3-2/h4-13,16-17,25-26H,2-3,14-15,18-19H2,1H3;1-2H3/t25?,26-;/m0./s1. The first-order valence-corrected chi connectivity index (χ1v) is 12.1. The van der Waals surface area contributed by atoms with E-state index in [4.69, 9.17) is 0 Å². The summed E-state index contributed by atoms with van der Waals surface area (Å²) in [5, 5.41) is 0. The summed E-state index contributed by atoms with van der Waals surface area (Å²) in [5.74, 6) is 0.587. The highest BCUT2D eigenvalue weighted by Crippen LogP contribution is 2.37. The van der Waals surface area contributed by atoms with Crippen molar-refractivity contribution in [1.29, 1.82) is 0 Å². The van der Waals surface area contributed by atoms with Gasteiger partial charge in [0.05, 0.1) is 5.56 Å². The van der Waals surface area contributed by atoms with Gasteiger partial charge in [-0.1, -0.05) is 54.1 Å². The van der Waals surface area contributed by atoms with Gasteiger partial charge in [-0.05, 0) is 55.1 Å². The topological polar surface area (TPSA) is 45.7 Å². The van der Waals surface area contributed by atoms with E-state index < -0.39 is 0 Å². The van der Waals surface area contributed by atoms with Gasteiger partial charge in [-0.25, -0.2) is 0 Å². The number of carbonyl (C=O) groups is 1. The van der Waals surface area contributed by atoms with E-state index in [1.165, 1.54) is 22.3 Å². The van der Waals surface area contributed by atoms with Crippen LogP contribution in [0.4, 0.5) is 0 Å². The lowest BCUT2D eigenvalue weighted by Gasteiger charge is -2.51. The van der Waals surface area contributed by atoms with Crippen LogP contribution in [0.5, 0.6) is 0 Å². The summed E-state index contributed by atoms with van der Waals surface area (Å²) in [7, 11) is 3.25. The molecule has 3 heterocycles. The molecule has 34 heavy (non-hydrogen) atoms. The molecule has 5 heteroatoms. The zero-order valence-electron chi connectivity index (χ0n) is 20.5. The molecule has 3 aromatic rings. The van der Waals surface area contributed by atoms with Gasteiger partial charge in [0.15, 0.2) is 0 Å². The number of ether oxygens (including phenoxy) is 1. The van der Waals surface area contributed by atoms with Crippen LogP contribution in [-0.4, -0.2) is 67.1 Å². The molecule has 1 aromatic heterocycles. The van der Waals surface area contributed by atoms with Crippen molar-refractivity contribution in [3.63, 3.8) is 0 Å². The lowest BCUT2D eigenvalue weighted by atomic mass is 9.81. The molecule has 2 aromatic carbocycles. The highest BCUT2D eigenvalue weighted by Gasteiger charge is 2.41. The molecule has 2 saturated heterocycles. The van der Waals surface area contributed by atoms with Crippen molar-refractivity contribution in [2.75, 3.05) is 40.4 Å². The van der Waals surface area contributed by atoms with Crippen molar-refractivity contribution in [2.45, 2.75) is 31.7 Å². The average Bonchev–Trinajstić information content (AvgIpc) is 2.84. The molecule has 1 unspecified atom stereocenters. The monoisotopic (exact) mass is 457 g/mol. The number of hydrogen-bond donors (Lipinski definition) is 0. The Morgan fingerprint density at radius 1 is 0.941 bits per heavy atom. The van der Waals surface area contributed by atoms with Crippen molar-refractivity contribution < 1.29 is 9.53 Å². The number of benzene rings is 2. The second kappa shape index (κ2) is 11.4. The van der Waals surface area contributed by atoms with Crippen LogP contribution in [-0.2, 0) is 4.74 Å². The van der Waals surface area contributed by atoms with Gasteiger partial charge in [0.25, 0.3) is 5.91 Å². The molecule has 0 N–H and O–H groups in total. The molecule has 1 amide bonds. The highest BCUT2D eigenvalue weighted by atomic mass is 16.4. The lowest BCUT2D eigenvalue weighted by molar-refractivity contribution is 0.0161. The second-order valence-electron chi connectivity index (χ2n) is 9.27. The van der Waals surface area contributed by atoms with E-state index in [0.717, 1.165) is 39.0 Å². The third-order valence-electron chi connectivity index (χ3n) is 6.78. The van der Waals surface area contributed by atoms with E-state index in [1.807, 2.05) is 17.0 Å². The van der Waals surface area contributed by atoms with Crippen molar-refractivity contribution in [1.82, 2.24) is 14.8 Å². The van der Waals surface area contributed by atoms with Crippen molar-refractivity contribution in [3.05, 3.63) is 89.7 Å². The SMILES string of the molecule is COC.Cc1cccc(-c2ccc(C3CN4CCCCN(C(=O)c5cccnc5)C[C@@H]34)cc2)c1. The van der Waals surface area contributed by atoms with Crippen LogP contribution >= 0.6 is 0 Å². The molecule has 0 saturated carbocycles. The number of nitrogens with zero attached hydrogens (tertiary/aromatic N) is 3. The maximum Gasteiger partial charge on any atom is 0.255 e. The predicted molar refractivity (Wildman–Crippen MR) is 137 cm³/mol. The van der Waals surface area contributed by atoms with Crippen LogP contribution in [0.1, 0.15) is 40.2 Å². The molecular formula is C29H35N3O2. The number of rotatable bonds is 3. The molecule has 2 atom stereocenters. The number of carbonyl (C=O) groups excluding carboxylic acids is 1. The zero-order chi connectivity index (χ0) is 23.9. The van der Waals surface area contributed by atoms with Gasteiger partial charge in [-0.2, -0.15) is 0 Å². The number of aromatic nitrogens is 1. The number of amides is 1. The first-order chi connectivity index (χ1) is 16.6. The van der Waals surface area contributed by atoms with Gasteiger partial charge in [-0.15, -0.1) is 0 Å².